The first-order valence-electron chi connectivity index (χ1n) is 9.29. The van der Waals surface area contributed by atoms with Crippen LogP contribution in [0.25, 0.3) is 6.08 Å². The molecule has 0 bridgehead atoms. The van der Waals surface area contributed by atoms with Crippen LogP contribution >= 0.6 is 0 Å². The minimum atomic E-state index is -1.29. The predicted octanol–water partition coefficient (Wildman–Crippen LogP) is 5.20. The van der Waals surface area contributed by atoms with Gasteiger partial charge in [-0.1, -0.05) is 12.1 Å². The second kappa shape index (κ2) is 8.10. The maximum atomic E-state index is 13.9. The van der Waals surface area contributed by atoms with Crippen LogP contribution in [0.2, 0.25) is 0 Å². The normalized spacial score (nSPS) is 14.0. The number of carbonyl (C=O) groups excluding carboxylic acids is 1. The Morgan fingerprint density at radius 2 is 1.68 bits per heavy atom. The Morgan fingerprint density at radius 1 is 0.968 bits per heavy atom. The maximum Gasteiger partial charge on any atom is 0.335 e. The number of rotatable bonds is 5. The van der Waals surface area contributed by atoms with Gasteiger partial charge in [0.1, 0.15) is 18.2 Å². The molecule has 3 aromatic rings. The first-order valence-corrected chi connectivity index (χ1v) is 9.29. The van der Waals surface area contributed by atoms with Crippen LogP contribution in [0, 0.1) is 17.5 Å². The Kier molecular flexibility index (Phi) is 5.33. The van der Waals surface area contributed by atoms with Gasteiger partial charge in [-0.25, -0.2) is 18.0 Å². The molecule has 1 aliphatic carbocycles. The van der Waals surface area contributed by atoms with Crippen LogP contribution in [0.3, 0.4) is 0 Å². The second-order valence-corrected chi connectivity index (χ2v) is 7.07. The molecular formula is C24H15F3O4. The zero-order chi connectivity index (χ0) is 22.1. The fourth-order valence-corrected chi connectivity index (χ4v) is 3.35. The molecule has 31 heavy (non-hydrogen) atoms. The predicted molar refractivity (Wildman–Crippen MR) is 107 cm³/mol. The van der Waals surface area contributed by atoms with Gasteiger partial charge >= 0.3 is 5.97 Å². The molecule has 0 atom stereocenters. The molecule has 0 aliphatic heterocycles. The van der Waals surface area contributed by atoms with E-state index < -0.39 is 23.4 Å². The summed E-state index contributed by atoms with van der Waals surface area (Å²) >= 11 is 0. The highest BCUT2D eigenvalue weighted by Crippen LogP contribution is 2.31. The highest BCUT2D eigenvalue weighted by molar-refractivity contribution is 6.15. The lowest BCUT2D eigenvalue weighted by Crippen LogP contribution is -1.99. The fourth-order valence-electron chi connectivity index (χ4n) is 3.35. The number of hydrogen-bond donors (Lipinski definition) is 1. The Morgan fingerprint density at radius 3 is 2.39 bits per heavy atom. The van der Waals surface area contributed by atoms with Crippen LogP contribution in [0.15, 0.2) is 60.2 Å². The first kappa shape index (κ1) is 20.4. The van der Waals surface area contributed by atoms with Crippen molar-refractivity contribution in [3.63, 3.8) is 0 Å². The van der Waals surface area contributed by atoms with Crippen molar-refractivity contribution < 1.29 is 32.6 Å². The van der Waals surface area contributed by atoms with E-state index in [1.807, 2.05) is 0 Å². The number of carboxylic acids is 1. The number of ether oxygens (including phenoxy) is 1. The van der Waals surface area contributed by atoms with Gasteiger partial charge in [0.05, 0.1) is 5.56 Å². The summed E-state index contributed by atoms with van der Waals surface area (Å²) in [4.78, 5) is 23.5. The van der Waals surface area contributed by atoms with Crippen molar-refractivity contribution in [2.75, 3.05) is 0 Å². The standard InChI is InChI=1S/C24H15F3O4/c25-20-11-22(27)21(26)10-16(20)8-17-7-15-9-18(5-6-19(15)23(17)28)31-12-13-1-3-14(4-2-13)24(29)30/h1-6,8-11H,7,12H2,(H,29,30)/b17-8+. The Hall–Kier alpha value is -3.87. The minimum Gasteiger partial charge on any atom is -0.489 e. The molecule has 4 nitrogen and oxygen atoms in total. The van der Waals surface area contributed by atoms with Gasteiger partial charge in [0, 0.05) is 29.2 Å². The van der Waals surface area contributed by atoms with Gasteiger partial charge < -0.3 is 9.84 Å². The summed E-state index contributed by atoms with van der Waals surface area (Å²) in [5.41, 5.74) is 2.13. The molecule has 0 aromatic heterocycles. The molecule has 156 valence electrons. The number of carbonyl (C=O) groups is 2. The number of aromatic carboxylic acids is 1. The van der Waals surface area contributed by atoms with E-state index in [9.17, 15) is 22.8 Å². The summed E-state index contributed by atoms with van der Waals surface area (Å²) < 4.78 is 46.2. The third-order valence-electron chi connectivity index (χ3n) is 4.97. The molecule has 0 radical (unpaired) electrons. The number of benzene rings is 3. The lowest BCUT2D eigenvalue weighted by atomic mass is 10.1. The molecule has 0 saturated carbocycles. The SMILES string of the molecule is O=C(O)c1ccc(COc2ccc3c(c2)C/C(=C\c2cc(F)c(F)cc2F)C3=O)cc1. The average molecular weight is 424 g/mol. The topological polar surface area (TPSA) is 63.6 Å². The Bertz CT molecular complexity index is 1230. The number of carboxylic acid groups (broad SMARTS) is 1. The van der Waals surface area contributed by atoms with Crippen LogP contribution < -0.4 is 4.74 Å². The van der Waals surface area contributed by atoms with Crippen molar-refractivity contribution in [3.8, 4) is 5.75 Å². The van der Waals surface area contributed by atoms with Crippen molar-refractivity contribution in [2.45, 2.75) is 13.0 Å². The van der Waals surface area contributed by atoms with E-state index >= 15 is 0 Å². The number of Topliss-reactive ketones (excluding diaryl/α,β-unsaturated/α-hetero) is 1. The molecule has 4 rings (SSSR count). The Labute approximate surface area is 175 Å². The monoisotopic (exact) mass is 424 g/mol. The minimum absolute atomic E-state index is 0.177. The molecule has 0 unspecified atom stereocenters. The number of hydrogen-bond acceptors (Lipinski definition) is 3. The molecule has 3 aromatic carbocycles. The van der Waals surface area contributed by atoms with E-state index in [1.165, 1.54) is 18.2 Å². The van der Waals surface area contributed by atoms with Crippen molar-refractivity contribution in [1.82, 2.24) is 0 Å². The summed E-state index contributed by atoms with van der Waals surface area (Å²) in [6.45, 7) is 0.204. The van der Waals surface area contributed by atoms with E-state index in [0.29, 0.717) is 22.9 Å². The van der Waals surface area contributed by atoms with E-state index in [2.05, 4.69) is 0 Å². The summed E-state index contributed by atoms with van der Waals surface area (Å²) in [6, 6.07) is 12.4. The largest absolute Gasteiger partial charge is 0.489 e. The molecule has 1 aliphatic rings. The molecule has 0 fully saturated rings. The number of fused-ring (bicyclic) bond motifs is 1. The molecule has 0 spiro atoms. The van der Waals surface area contributed by atoms with Crippen molar-refractivity contribution in [2.24, 2.45) is 0 Å². The molecule has 0 amide bonds. The quantitative estimate of drug-likeness (QED) is 0.452. The Balaban J connectivity index is 1.50. The smallest absolute Gasteiger partial charge is 0.335 e. The molecular weight excluding hydrogens is 409 g/mol. The zero-order valence-corrected chi connectivity index (χ0v) is 16.0. The highest BCUT2D eigenvalue weighted by atomic mass is 19.2. The van der Waals surface area contributed by atoms with Crippen molar-refractivity contribution in [1.29, 1.82) is 0 Å². The molecule has 7 heteroatoms. The zero-order valence-electron chi connectivity index (χ0n) is 16.0. The van der Waals surface area contributed by atoms with Crippen LogP contribution in [-0.4, -0.2) is 16.9 Å². The van der Waals surface area contributed by atoms with Gasteiger partial charge in [-0.15, -0.1) is 0 Å². The average Bonchev–Trinajstić information content (AvgIpc) is 3.05. The molecule has 0 heterocycles. The van der Waals surface area contributed by atoms with Crippen molar-refractivity contribution in [3.05, 3.63) is 105 Å². The van der Waals surface area contributed by atoms with E-state index in [-0.39, 0.29) is 35.5 Å². The van der Waals surface area contributed by atoms with Crippen LogP contribution in [0.1, 0.15) is 37.4 Å². The summed E-state index contributed by atoms with van der Waals surface area (Å²) in [5.74, 6) is -4.25. The summed E-state index contributed by atoms with van der Waals surface area (Å²) in [7, 11) is 0. The number of ketones is 1. The van der Waals surface area contributed by atoms with E-state index in [0.717, 1.165) is 11.6 Å². The fraction of sp³-hybridized carbons (Fsp3) is 0.0833. The molecule has 0 saturated heterocycles. The van der Waals surface area contributed by atoms with Crippen LogP contribution in [0.4, 0.5) is 13.2 Å². The lowest BCUT2D eigenvalue weighted by molar-refractivity contribution is 0.0696. The van der Waals surface area contributed by atoms with Gasteiger partial charge in [0.2, 0.25) is 0 Å². The maximum absolute atomic E-state index is 13.9. The van der Waals surface area contributed by atoms with Gasteiger partial charge in [-0.05, 0) is 53.6 Å². The second-order valence-electron chi connectivity index (χ2n) is 7.07. The van der Waals surface area contributed by atoms with Gasteiger partial charge in [0.15, 0.2) is 17.4 Å². The van der Waals surface area contributed by atoms with E-state index in [1.54, 1.807) is 30.3 Å². The van der Waals surface area contributed by atoms with Gasteiger partial charge in [0.25, 0.3) is 0 Å². The number of allylic oxidation sites excluding steroid dienone is 1. The van der Waals surface area contributed by atoms with E-state index in [4.69, 9.17) is 9.84 Å². The van der Waals surface area contributed by atoms with Crippen molar-refractivity contribution >= 4 is 17.8 Å². The summed E-state index contributed by atoms with van der Waals surface area (Å²) in [6.07, 6.45) is 1.43. The summed E-state index contributed by atoms with van der Waals surface area (Å²) in [5, 5.41) is 8.93. The third-order valence-corrected chi connectivity index (χ3v) is 4.97. The third kappa shape index (κ3) is 4.21. The van der Waals surface area contributed by atoms with Crippen LogP contribution in [0.5, 0.6) is 5.75 Å². The van der Waals surface area contributed by atoms with Gasteiger partial charge in [-0.3, -0.25) is 4.79 Å². The van der Waals surface area contributed by atoms with Gasteiger partial charge in [-0.2, -0.15) is 0 Å². The lowest BCUT2D eigenvalue weighted by Gasteiger charge is -2.08. The highest BCUT2D eigenvalue weighted by Gasteiger charge is 2.25. The van der Waals surface area contributed by atoms with Crippen LogP contribution in [-0.2, 0) is 13.0 Å². The first-order chi connectivity index (χ1) is 14.8. The number of halogens is 3. The molecule has 1 N–H and O–H groups in total.